The minimum absolute atomic E-state index is 0.0699. The molecule has 1 N–H and O–H groups in total. The molecule has 2 aromatic rings. The number of nitrogens with zero attached hydrogens (tertiary/aromatic N) is 1. The summed E-state index contributed by atoms with van der Waals surface area (Å²) in [6.07, 6.45) is 0.807. The van der Waals surface area contributed by atoms with E-state index in [9.17, 15) is 17.6 Å². The molecule has 0 radical (unpaired) electrons. The van der Waals surface area contributed by atoms with Crippen LogP contribution in [0.2, 0.25) is 0 Å². The second kappa shape index (κ2) is 8.99. The van der Waals surface area contributed by atoms with Gasteiger partial charge in [-0.05, 0) is 55.7 Å². The lowest BCUT2D eigenvalue weighted by Gasteiger charge is -2.24. The molecule has 2 rings (SSSR count). The van der Waals surface area contributed by atoms with E-state index in [0.29, 0.717) is 18.2 Å². The Bertz CT molecular complexity index is 863. The van der Waals surface area contributed by atoms with Crippen molar-refractivity contribution in [1.29, 1.82) is 0 Å². The van der Waals surface area contributed by atoms with Gasteiger partial charge in [0, 0.05) is 6.54 Å². The molecule has 5 nitrogen and oxygen atoms in total. The van der Waals surface area contributed by atoms with Crippen molar-refractivity contribution >= 4 is 21.6 Å². The van der Waals surface area contributed by atoms with Gasteiger partial charge in [0.1, 0.15) is 12.4 Å². The summed E-state index contributed by atoms with van der Waals surface area (Å²) in [5.74, 6) is -0.481. The second-order valence-corrected chi connectivity index (χ2v) is 8.70. The Morgan fingerprint density at radius 1 is 1.07 bits per heavy atom. The van der Waals surface area contributed by atoms with Crippen LogP contribution >= 0.6 is 0 Å². The zero-order valence-corrected chi connectivity index (χ0v) is 16.6. The fourth-order valence-electron chi connectivity index (χ4n) is 2.45. The van der Waals surface area contributed by atoms with Gasteiger partial charge in [-0.1, -0.05) is 31.5 Å². The predicted molar refractivity (Wildman–Crippen MR) is 105 cm³/mol. The highest BCUT2D eigenvalue weighted by molar-refractivity contribution is 7.92. The Morgan fingerprint density at radius 2 is 1.67 bits per heavy atom. The Balaban J connectivity index is 2.30. The van der Waals surface area contributed by atoms with Crippen molar-refractivity contribution < 1.29 is 17.6 Å². The molecule has 0 aliphatic carbocycles. The van der Waals surface area contributed by atoms with Gasteiger partial charge in [0.05, 0.1) is 10.6 Å². The smallest absolute Gasteiger partial charge is 0.264 e. The maximum Gasteiger partial charge on any atom is 0.264 e. The van der Waals surface area contributed by atoms with Crippen LogP contribution in [-0.2, 0) is 14.8 Å². The number of anilines is 1. The first-order valence-electron chi connectivity index (χ1n) is 8.82. The van der Waals surface area contributed by atoms with Crippen molar-refractivity contribution in [2.24, 2.45) is 5.92 Å². The molecule has 0 aromatic heterocycles. The number of rotatable bonds is 8. The summed E-state index contributed by atoms with van der Waals surface area (Å²) >= 11 is 0. The molecule has 2 aromatic carbocycles. The lowest BCUT2D eigenvalue weighted by molar-refractivity contribution is -0.119. The van der Waals surface area contributed by atoms with Crippen molar-refractivity contribution in [2.45, 2.75) is 32.1 Å². The van der Waals surface area contributed by atoms with Crippen LogP contribution in [0, 0.1) is 18.7 Å². The number of carbonyl (C=O) groups excluding carboxylic acids is 1. The molecule has 27 heavy (non-hydrogen) atoms. The molecular weight excluding hydrogens is 367 g/mol. The third-order valence-electron chi connectivity index (χ3n) is 4.05. The average Bonchev–Trinajstić information content (AvgIpc) is 2.60. The number of nitrogens with one attached hydrogen (secondary N) is 1. The van der Waals surface area contributed by atoms with Crippen LogP contribution < -0.4 is 9.62 Å². The SMILES string of the molecule is Cc1ccc(N(CC(=O)NCCC(C)C)S(=O)(=O)c2ccc(F)cc2)cc1. The van der Waals surface area contributed by atoms with E-state index in [1.165, 1.54) is 12.1 Å². The monoisotopic (exact) mass is 392 g/mol. The molecule has 0 bridgehead atoms. The van der Waals surface area contributed by atoms with E-state index >= 15 is 0 Å². The molecule has 0 aliphatic heterocycles. The van der Waals surface area contributed by atoms with E-state index in [1.807, 2.05) is 20.8 Å². The molecule has 0 spiro atoms. The van der Waals surface area contributed by atoms with Crippen molar-refractivity contribution in [3.05, 3.63) is 59.9 Å². The first-order valence-corrected chi connectivity index (χ1v) is 10.3. The van der Waals surface area contributed by atoms with Crippen LogP contribution in [-0.4, -0.2) is 27.4 Å². The summed E-state index contributed by atoms with van der Waals surface area (Å²) < 4.78 is 40.4. The van der Waals surface area contributed by atoms with Crippen molar-refractivity contribution in [2.75, 3.05) is 17.4 Å². The number of amides is 1. The topological polar surface area (TPSA) is 66.5 Å². The highest BCUT2D eigenvalue weighted by Gasteiger charge is 2.27. The van der Waals surface area contributed by atoms with Crippen molar-refractivity contribution in [3.63, 3.8) is 0 Å². The Morgan fingerprint density at radius 3 is 2.22 bits per heavy atom. The Hall–Kier alpha value is -2.41. The van der Waals surface area contributed by atoms with E-state index < -0.39 is 15.8 Å². The highest BCUT2D eigenvalue weighted by Crippen LogP contribution is 2.24. The van der Waals surface area contributed by atoms with Gasteiger partial charge in [0.15, 0.2) is 0 Å². The lowest BCUT2D eigenvalue weighted by Crippen LogP contribution is -2.41. The van der Waals surface area contributed by atoms with Crippen LogP contribution in [0.15, 0.2) is 53.4 Å². The first kappa shape index (κ1) is 20.9. The zero-order chi connectivity index (χ0) is 20.0. The molecule has 0 saturated carbocycles. The summed E-state index contributed by atoms with van der Waals surface area (Å²) in [6.45, 7) is 6.12. The van der Waals surface area contributed by atoms with E-state index in [-0.39, 0.29) is 17.3 Å². The molecule has 0 aliphatic rings. The minimum Gasteiger partial charge on any atom is -0.355 e. The molecule has 0 atom stereocenters. The summed E-state index contributed by atoms with van der Waals surface area (Å²) in [5.41, 5.74) is 1.35. The molecule has 0 heterocycles. The summed E-state index contributed by atoms with van der Waals surface area (Å²) in [5, 5.41) is 2.75. The zero-order valence-electron chi connectivity index (χ0n) is 15.8. The maximum absolute atomic E-state index is 13.2. The Kier molecular flexibility index (Phi) is 6.96. The molecular formula is C20H25FN2O3S. The van der Waals surface area contributed by atoms with Gasteiger partial charge in [-0.2, -0.15) is 0 Å². The van der Waals surface area contributed by atoms with Crippen LogP contribution in [0.4, 0.5) is 10.1 Å². The van der Waals surface area contributed by atoms with E-state index in [4.69, 9.17) is 0 Å². The first-order chi connectivity index (χ1) is 12.7. The number of carbonyl (C=O) groups is 1. The van der Waals surface area contributed by atoms with Gasteiger partial charge < -0.3 is 5.32 Å². The number of sulfonamides is 1. The number of halogens is 1. The second-order valence-electron chi connectivity index (χ2n) is 6.83. The third-order valence-corrected chi connectivity index (χ3v) is 5.84. The average molecular weight is 392 g/mol. The lowest BCUT2D eigenvalue weighted by atomic mass is 10.1. The predicted octanol–water partition coefficient (Wildman–Crippen LogP) is 3.49. The fourth-order valence-corrected chi connectivity index (χ4v) is 3.87. The van der Waals surface area contributed by atoms with E-state index in [2.05, 4.69) is 5.32 Å². The van der Waals surface area contributed by atoms with Crippen LogP contribution in [0.1, 0.15) is 25.8 Å². The van der Waals surface area contributed by atoms with Gasteiger partial charge in [-0.25, -0.2) is 12.8 Å². The number of hydrogen-bond donors (Lipinski definition) is 1. The van der Waals surface area contributed by atoms with E-state index in [0.717, 1.165) is 28.4 Å². The highest BCUT2D eigenvalue weighted by atomic mass is 32.2. The quantitative estimate of drug-likeness (QED) is 0.748. The largest absolute Gasteiger partial charge is 0.355 e. The van der Waals surface area contributed by atoms with Gasteiger partial charge in [0.25, 0.3) is 10.0 Å². The molecule has 0 saturated heterocycles. The van der Waals surface area contributed by atoms with Gasteiger partial charge in [-0.15, -0.1) is 0 Å². The van der Waals surface area contributed by atoms with Gasteiger partial charge >= 0.3 is 0 Å². The molecule has 0 fully saturated rings. The normalized spacial score (nSPS) is 11.4. The van der Waals surface area contributed by atoms with Crippen LogP contribution in [0.3, 0.4) is 0 Å². The van der Waals surface area contributed by atoms with Crippen LogP contribution in [0.5, 0.6) is 0 Å². The number of aryl methyl sites for hydroxylation is 1. The van der Waals surface area contributed by atoms with Crippen molar-refractivity contribution in [3.8, 4) is 0 Å². The van der Waals surface area contributed by atoms with Crippen LogP contribution in [0.25, 0.3) is 0 Å². The maximum atomic E-state index is 13.2. The fraction of sp³-hybridized carbons (Fsp3) is 0.350. The molecule has 7 heteroatoms. The summed E-state index contributed by atoms with van der Waals surface area (Å²) in [4.78, 5) is 12.3. The summed E-state index contributed by atoms with van der Waals surface area (Å²) in [7, 11) is -4.01. The Labute approximate surface area is 160 Å². The van der Waals surface area contributed by atoms with E-state index in [1.54, 1.807) is 24.3 Å². The number of benzene rings is 2. The van der Waals surface area contributed by atoms with Gasteiger partial charge in [-0.3, -0.25) is 9.10 Å². The third kappa shape index (κ3) is 5.79. The van der Waals surface area contributed by atoms with Crippen molar-refractivity contribution in [1.82, 2.24) is 5.32 Å². The minimum atomic E-state index is -4.01. The summed E-state index contributed by atoms with van der Waals surface area (Å²) in [6, 6.07) is 11.4. The molecule has 0 unspecified atom stereocenters. The van der Waals surface area contributed by atoms with Gasteiger partial charge in [0.2, 0.25) is 5.91 Å². The standard InChI is InChI=1S/C20H25FN2O3S/c1-15(2)12-13-22-20(24)14-23(18-8-4-16(3)5-9-18)27(25,26)19-10-6-17(21)7-11-19/h4-11,15H,12-14H2,1-3H3,(H,22,24). The number of hydrogen-bond acceptors (Lipinski definition) is 3. The molecule has 1 amide bonds. The molecule has 146 valence electrons.